The van der Waals surface area contributed by atoms with Crippen LogP contribution in [-0.4, -0.2) is 8.42 Å². The van der Waals surface area contributed by atoms with E-state index in [0.29, 0.717) is 11.1 Å². The van der Waals surface area contributed by atoms with E-state index in [0.717, 1.165) is 22.3 Å². The molecule has 4 rings (SSSR count). The Morgan fingerprint density at radius 2 is 1.46 bits per heavy atom. The highest BCUT2D eigenvalue weighted by Gasteiger charge is 2.28. The first kappa shape index (κ1) is 15.4. The maximum atomic E-state index is 12.5. The average molecular weight is 401 g/mol. The zero-order valence-electron chi connectivity index (χ0n) is 12.6. The molecule has 1 aliphatic rings. The van der Waals surface area contributed by atoms with E-state index in [1.165, 1.54) is 17.7 Å². The summed E-state index contributed by atoms with van der Waals surface area (Å²) >= 11 is 3.47. The van der Waals surface area contributed by atoms with Gasteiger partial charge in [-0.3, -0.25) is 0 Å². The maximum Gasteiger partial charge on any atom is 0.339 e. The zero-order chi connectivity index (χ0) is 16.7. The largest absolute Gasteiger partial charge is 0.379 e. The van der Waals surface area contributed by atoms with Gasteiger partial charge in [0.15, 0.2) is 0 Å². The molecule has 0 atom stereocenters. The van der Waals surface area contributed by atoms with Crippen LogP contribution in [0.2, 0.25) is 0 Å². The van der Waals surface area contributed by atoms with Crippen LogP contribution < -0.4 is 4.18 Å². The van der Waals surface area contributed by atoms with Crippen molar-refractivity contribution in [3.63, 3.8) is 0 Å². The lowest BCUT2D eigenvalue weighted by Gasteiger charge is -2.27. The Labute approximate surface area is 149 Å². The summed E-state index contributed by atoms with van der Waals surface area (Å²) in [6, 6.07) is 19.9. The smallest absolute Gasteiger partial charge is 0.339 e. The molecule has 0 heterocycles. The molecule has 24 heavy (non-hydrogen) atoms. The molecule has 0 N–H and O–H groups in total. The second-order valence-corrected chi connectivity index (χ2v) is 7.60. The third-order valence-corrected chi connectivity index (χ3v) is 5.93. The number of halogens is 1. The van der Waals surface area contributed by atoms with Crippen LogP contribution in [0.15, 0.2) is 71.6 Å². The van der Waals surface area contributed by atoms with Crippen LogP contribution in [0, 0.1) is 0 Å². The second-order valence-electron chi connectivity index (χ2n) is 5.49. The van der Waals surface area contributed by atoms with Crippen molar-refractivity contribution in [2.45, 2.75) is 10.2 Å². The topological polar surface area (TPSA) is 43.4 Å². The molecule has 0 radical (unpaired) electrons. The minimum absolute atomic E-state index is 0.147. The molecule has 3 nitrogen and oxygen atoms in total. The van der Waals surface area contributed by atoms with Crippen LogP contribution in [0.4, 0.5) is 0 Å². The third-order valence-electron chi connectivity index (χ3n) is 4.12. The fourth-order valence-electron chi connectivity index (χ4n) is 3.00. The van der Waals surface area contributed by atoms with Crippen LogP contribution in [0.25, 0.3) is 22.3 Å². The summed E-state index contributed by atoms with van der Waals surface area (Å²) in [4.78, 5) is 0.147. The fraction of sp³-hybridized carbons (Fsp3) is 0.0526. The molecule has 1 aliphatic carbocycles. The van der Waals surface area contributed by atoms with Crippen molar-refractivity contribution in [3.05, 3.63) is 72.3 Å². The second kappa shape index (κ2) is 5.76. The molecule has 0 spiro atoms. The van der Waals surface area contributed by atoms with Crippen LogP contribution in [-0.2, 0) is 15.4 Å². The summed E-state index contributed by atoms with van der Waals surface area (Å²) in [7, 11) is -3.85. The van der Waals surface area contributed by atoms with E-state index in [-0.39, 0.29) is 4.90 Å². The number of rotatable bonds is 4. The summed E-state index contributed by atoms with van der Waals surface area (Å²) < 4.78 is 30.4. The quantitative estimate of drug-likeness (QED) is 0.357. The molecule has 0 unspecified atom stereocenters. The fourth-order valence-corrected chi connectivity index (χ4v) is 4.53. The zero-order valence-corrected chi connectivity index (χ0v) is 15.0. The van der Waals surface area contributed by atoms with Gasteiger partial charge in [-0.15, -0.1) is 0 Å². The predicted octanol–water partition coefficient (Wildman–Crippen LogP) is 5.00. The molecule has 0 aliphatic heterocycles. The first-order valence-electron chi connectivity index (χ1n) is 7.43. The number of hydrogen-bond acceptors (Lipinski definition) is 3. The highest BCUT2D eigenvalue weighted by atomic mass is 79.9. The summed E-state index contributed by atoms with van der Waals surface area (Å²) in [6.07, 6.45) is 0. The molecule has 5 heteroatoms. The first-order valence-corrected chi connectivity index (χ1v) is 9.96. The first-order chi connectivity index (χ1) is 11.6. The molecule has 0 bridgehead atoms. The van der Waals surface area contributed by atoms with Gasteiger partial charge >= 0.3 is 10.1 Å². The van der Waals surface area contributed by atoms with Crippen molar-refractivity contribution in [1.29, 1.82) is 0 Å². The van der Waals surface area contributed by atoms with Gasteiger partial charge < -0.3 is 4.18 Å². The summed E-state index contributed by atoms with van der Waals surface area (Å²) in [5.41, 5.74) is 5.36. The van der Waals surface area contributed by atoms with Crippen molar-refractivity contribution in [3.8, 4) is 28.0 Å². The normalized spacial score (nSPS) is 12.0. The molecule has 0 amide bonds. The standard InChI is InChI=1S/C19H13BrO3S/c20-12-17-18(23-24(21,22)13-6-2-1-3-7-13)11-10-16-14-8-4-5-9-15(14)19(16)17/h1-11H,12H2. The molecule has 0 saturated heterocycles. The Kier molecular flexibility index (Phi) is 3.70. The molecule has 3 aromatic rings. The van der Waals surface area contributed by atoms with Crippen molar-refractivity contribution >= 4 is 26.0 Å². The van der Waals surface area contributed by atoms with E-state index in [9.17, 15) is 8.42 Å². The van der Waals surface area contributed by atoms with Gasteiger partial charge in [-0.25, -0.2) is 0 Å². The van der Waals surface area contributed by atoms with E-state index in [1.807, 2.05) is 24.3 Å². The van der Waals surface area contributed by atoms with Crippen molar-refractivity contribution in [2.24, 2.45) is 0 Å². The van der Waals surface area contributed by atoms with Gasteiger partial charge in [0.1, 0.15) is 10.6 Å². The Morgan fingerprint density at radius 1 is 0.792 bits per heavy atom. The summed E-state index contributed by atoms with van der Waals surface area (Å²) in [5.74, 6) is 0.365. The Balaban J connectivity index is 1.78. The minimum atomic E-state index is -3.85. The Morgan fingerprint density at radius 3 is 2.17 bits per heavy atom. The molecular formula is C19H13BrO3S. The summed E-state index contributed by atoms with van der Waals surface area (Å²) in [6.45, 7) is 0. The number of alkyl halides is 1. The predicted molar refractivity (Wildman–Crippen MR) is 97.8 cm³/mol. The van der Waals surface area contributed by atoms with Gasteiger partial charge in [0.25, 0.3) is 0 Å². The van der Waals surface area contributed by atoms with E-state index < -0.39 is 10.1 Å². The highest BCUT2D eigenvalue weighted by Crippen LogP contribution is 2.51. The average Bonchev–Trinajstić information content (AvgIpc) is 2.60. The van der Waals surface area contributed by atoms with E-state index in [2.05, 4.69) is 22.0 Å². The summed E-state index contributed by atoms with van der Waals surface area (Å²) in [5, 5.41) is 0.518. The SMILES string of the molecule is O=S(=O)(Oc1ccc2c(c1CBr)-c1ccccc1-2)c1ccccc1. The van der Waals surface area contributed by atoms with Gasteiger partial charge in [0, 0.05) is 10.9 Å². The van der Waals surface area contributed by atoms with Crippen molar-refractivity contribution < 1.29 is 12.6 Å². The Hall–Kier alpha value is -2.11. The van der Waals surface area contributed by atoms with Crippen LogP contribution in [0.3, 0.4) is 0 Å². The van der Waals surface area contributed by atoms with Gasteiger partial charge in [0.05, 0.1) is 0 Å². The third kappa shape index (κ3) is 2.36. The van der Waals surface area contributed by atoms with Crippen LogP contribution in [0.5, 0.6) is 5.75 Å². The van der Waals surface area contributed by atoms with Gasteiger partial charge in [-0.2, -0.15) is 8.42 Å². The number of benzene rings is 3. The maximum absolute atomic E-state index is 12.5. The molecule has 3 aromatic carbocycles. The lowest BCUT2D eigenvalue weighted by molar-refractivity contribution is 0.484. The minimum Gasteiger partial charge on any atom is -0.379 e. The van der Waals surface area contributed by atoms with E-state index in [4.69, 9.17) is 4.18 Å². The molecule has 0 saturated carbocycles. The van der Waals surface area contributed by atoms with Crippen molar-refractivity contribution in [1.82, 2.24) is 0 Å². The van der Waals surface area contributed by atoms with E-state index in [1.54, 1.807) is 24.3 Å². The van der Waals surface area contributed by atoms with Crippen molar-refractivity contribution in [2.75, 3.05) is 0 Å². The lowest BCUT2D eigenvalue weighted by Crippen LogP contribution is -2.12. The molecule has 120 valence electrons. The van der Waals surface area contributed by atoms with Gasteiger partial charge in [-0.05, 0) is 46.5 Å². The molecular weight excluding hydrogens is 388 g/mol. The van der Waals surface area contributed by atoms with Crippen LogP contribution >= 0.6 is 15.9 Å². The monoisotopic (exact) mass is 400 g/mol. The number of hydrogen-bond donors (Lipinski definition) is 0. The van der Waals surface area contributed by atoms with E-state index >= 15 is 0 Å². The molecule has 0 fully saturated rings. The lowest BCUT2D eigenvalue weighted by atomic mass is 9.78. The Bertz CT molecular complexity index is 1030. The number of fused-ring (bicyclic) bond motifs is 4. The van der Waals surface area contributed by atoms with Gasteiger partial charge in [-0.1, -0.05) is 58.4 Å². The van der Waals surface area contributed by atoms with Crippen LogP contribution in [0.1, 0.15) is 5.56 Å². The molecule has 0 aromatic heterocycles. The van der Waals surface area contributed by atoms with Gasteiger partial charge in [0.2, 0.25) is 0 Å². The highest BCUT2D eigenvalue weighted by molar-refractivity contribution is 9.08.